The summed E-state index contributed by atoms with van der Waals surface area (Å²) in [7, 11) is 1.49. The quantitative estimate of drug-likeness (QED) is 0.246. The molecule has 1 heterocycles. The first kappa shape index (κ1) is 21.9. The van der Waals surface area contributed by atoms with E-state index in [4.69, 9.17) is 26.8 Å². The van der Waals surface area contributed by atoms with Crippen LogP contribution in [0, 0.1) is 0 Å². The minimum Gasteiger partial charge on any atom is -0.497 e. The molecule has 3 aromatic carbocycles. The van der Waals surface area contributed by atoms with Crippen molar-refractivity contribution in [1.82, 2.24) is 0 Å². The standard InChI is InChI=1S/C24H18ClN3O5/c1-32-19-4-2-3-17(13-19)28-22(29)20(25)21(23(28)30)27-16-9-5-14(6-10-16)24(31)33-18-11-7-15(26)8-12-18/h2-13,27H,26H2,1H3. The maximum absolute atomic E-state index is 12.9. The van der Waals surface area contributed by atoms with Gasteiger partial charge in [-0.15, -0.1) is 0 Å². The topological polar surface area (TPSA) is 111 Å². The average molecular weight is 464 g/mol. The summed E-state index contributed by atoms with van der Waals surface area (Å²) < 4.78 is 10.5. The van der Waals surface area contributed by atoms with Crippen LogP contribution in [0.1, 0.15) is 10.4 Å². The largest absolute Gasteiger partial charge is 0.497 e. The van der Waals surface area contributed by atoms with E-state index < -0.39 is 17.8 Å². The monoisotopic (exact) mass is 463 g/mol. The Morgan fingerprint density at radius 2 is 1.64 bits per heavy atom. The van der Waals surface area contributed by atoms with Gasteiger partial charge < -0.3 is 20.5 Å². The third-order valence-corrected chi connectivity index (χ3v) is 5.17. The highest BCUT2D eigenvalue weighted by atomic mass is 35.5. The summed E-state index contributed by atoms with van der Waals surface area (Å²) in [4.78, 5) is 38.8. The fraction of sp³-hybridized carbons (Fsp3) is 0.0417. The third kappa shape index (κ3) is 4.51. The van der Waals surface area contributed by atoms with Crippen LogP contribution in [0.3, 0.4) is 0 Å². The Morgan fingerprint density at radius 3 is 2.30 bits per heavy atom. The lowest BCUT2D eigenvalue weighted by Crippen LogP contribution is -2.32. The highest BCUT2D eigenvalue weighted by molar-refractivity contribution is 6.53. The van der Waals surface area contributed by atoms with Crippen molar-refractivity contribution in [3.8, 4) is 11.5 Å². The minimum atomic E-state index is -0.652. The smallest absolute Gasteiger partial charge is 0.343 e. The van der Waals surface area contributed by atoms with E-state index in [9.17, 15) is 14.4 Å². The zero-order valence-electron chi connectivity index (χ0n) is 17.4. The molecule has 0 atom stereocenters. The second kappa shape index (κ2) is 9.05. The van der Waals surface area contributed by atoms with Gasteiger partial charge >= 0.3 is 5.97 Å². The van der Waals surface area contributed by atoms with Gasteiger partial charge in [-0.3, -0.25) is 9.59 Å². The number of hydrogen-bond donors (Lipinski definition) is 2. The summed E-state index contributed by atoms with van der Waals surface area (Å²) in [5.41, 5.74) is 7.20. The first-order valence-corrected chi connectivity index (χ1v) is 10.1. The Hall–Kier alpha value is -4.30. The van der Waals surface area contributed by atoms with E-state index in [1.165, 1.54) is 19.2 Å². The van der Waals surface area contributed by atoms with Gasteiger partial charge in [0.1, 0.15) is 22.2 Å². The molecule has 0 saturated carbocycles. The minimum absolute atomic E-state index is 0.0679. The molecule has 1 aliphatic rings. The molecule has 3 N–H and O–H groups in total. The number of methoxy groups -OCH3 is 1. The van der Waals surface area contributed by atoms with E-state index in [-0.39, 0.29) is 10.7 Å². The zero-order chi connectivity index (χ0) is 23.5. The summed E-state index contributed by atoms with van der Waals surface area (Å²) >= 11 is 6.17. The molecule has 33 heavy (non-hydrogen) atoms. The van der Waals surface area contributed by atoms with Crippen LogP contribution in [-0.2, 0) is 9.59 Å². The van der Waals surface area contributed by atoms with Crippen molar-refractivity contribution in [2.75, 3.05) is 23.1 Å². The lowest BCUT2D eigenvalue weighted by molar-refractivity contribution is -0.120. The van der Waals surface area contributed by atoms with Gasteiger partial charge in [0.25, 0.3) is 11.8 Å². The van der Waals surface area contributed by atoms with Crippen LogP contribution in [0.4, 0.5) is 17.1 Å². The van der Waals surface area contributed by atoms with Gasteiger partial charge in [-0.25, -0.2) is 9.69 Å². The van der Waals surface area contributed by atoms with Gasteiger partial charge in [-0.2, -0.15) is 0 Å². The molecule has 1 aliphatic heterocycles. The number of imide groups is 1. The Morgan fingerprint density at radius 1 is 0.939 bits per heavy atom. The van der Waals surface area contributed by atoms with Crippen molar-refractivity contribution in [3.05, 3.63) is 89.1 Å². The number of anilines is 3. The van der Waals surface area contributed by atoms with Crippen molar-refractivity contribution >= 4 is 46.4 Å². The summed E-state index contributed by atoms with van der Waals surface area (Å²) in [5.74, 6) is -0.959. The van der Waals surface area contributed by atoms with Gasteiger partial charge in [0.2, 0.25) is 0 Å². The van der Waals surface area contributed by atoms with Gasteiger partial charge in [-0.05, 0) is 60.7 Å². The lowest BCUT2D eigenvalue weighted by atomic mass is 10.2. The maximum Gasteiger partial charge on any atom is 0.343 e. The van der Waals surface area contributed by atoms with Gasteiger partial charge in [-0.1, -0.05) is 17.7 Å². The number of benzene rings is 3. The summed E-state index contributed by atoms with van der Waals surface area (Å²) in [6, 6.07) is 19.2. The summed E-state index contributed by atoms with van der Waals surface area (Å²) in [6.45, 7) is 0. The molecule has 0 aliphatic carbocycles. The van der Waals surface area contributed by atoms with Crippen LogP contribution in [-0.4, -0.2) is 24.9 Å². The molecule has 9 heteroatoms. The van der Waals surface area contributed by atoms with Crippen LogP contribution in [0.2, 0.25) is 0 Å². The molecule has 0 spiro atoms. The second-order valence-corrected chi connectivity index (χ2v) is 7.38. The number of ether oxygens (including phenoxy) is 2. The van der Waals surface area contributed by atoms with Crippen LogP contribution in [0.25, 0.3) is 0 Å². The molecule has 0 aromatic heterocycles. The Kier molecular flexibility index (Phi) is 6.01. The average Bonchev–Trinajstić information content (AvgIpc) is 3.04. The molecule has 0 unspecified atom stereocenters. The van der Waals surface area contributed by atoms with Gasteiger partial charge in [0, 0.05) is 17.4 Å². The van der Waals surface area contributed by atoms with Gasteiger partial charge in [0.05, 0.1) is 18.4 Å². The number of nitrogens with zero attached hydrogens (tertiary/aromatic N) is 1. The summed E-state index contributed by atoms with van der Waals surface area (Å²) in [6.07, 6.45) is 0. The molecule has 8 nitrogen and oxygen atoms in total. The molecule has 0 fully saturated rings. The zero-order valence-corrected chi connectivity index (χ0v) is 18.1. The molecule has 3 aromatic rings. The predicted octanol–water partition coefficient (Wildman–Crippen LogP) is 3.93. The number of nitrogen functional groups attached to an aromatic ring is 1. The van der Waals surface area contributed by atoms with Gasteiger partial charge in [0.15, 0.2) is 0 Å². The van der Waals surface area contributed by atoms with Crippen molar-refractivity contribution in [3.63, 3.8) is 0 Å². The number of carbonyl (C=O) groups excluding carboxylic acids is 3. The number of esters is 1. The number of hydrogen-bond acceptors (Lipinski definition) is 7. The molecule has 0 bridgehead atoms. The van der Waals surface area contributed by atoms with E-state index in [0.717, 1.165) is 4.90 Å². The Labute approximate surface area is 194 Å². The highest BCUT2D eigenvalue weighted by Crippen LogP contribution is 2.31. The van der Waals surface area contributed by atoms with E-state index in [0.29, 0.717) is 34.1 Å². The Balaban J connectivity index is 1.48. The van der Waals surface area contributed by atoms with E-state index in [1.54, 1.807) is 60.7 Å². The number of nitrogens with one attached hydrogen (secondary N) is 1. The fourth-order valence-electron chi connectivity index (χ4n) is 3.13. The van der Waals surface area contributed by atoms with E-state index in [1.807, 2.05) is 0 Å². The van der Waals surface area contributed by atoms with Crippen LogP contribution >= 0.6 is 11.6 Å². The van der Waals surface area contributed by atoms with Crippen molar-refractivity contribution < 1.29 is 23.9 Å². The number of nitrogens with two attached hydrogens (primary N) is 1. The normalized spacial score (nSPS) is 13.3. The third-order valence-electron chi connectivity index (χ3n) is 4.82. The number of amides is 2. The number of halogens is 1. The second-order valence-electron chi connectivity index (χ2n) is 7.00. The highest BCUT2D eigenvalue weighted by Gasteiger charge is 2.39. The molecular formula is C24H18ClN3O5. The number of carbonyl (C=O) groups is 3. The fourth-order valence-corrected chi connectivity index (χ4v) is 3.34. The molecular weight excluding hydrogens is 446 g/mol. The molecule has 4 rings (SSSR count). The van der Waals surface area contributed by atoms with E-state index >= 15 is 0 Å². The Bertz CT molecular complexity index is 1270. The van der Waals surface area contributed by atoms with Crippen molar-refractivity contribution in [2.24, 2.45) is 0 Å². The maximum atomic E-state index is 12.9. The van der Waals surface area contributed by atoms with Crippen molar-refractivity contribution in [1.29, 1.82) is 0 Å². The summed E-state index contributed by atoms with van der Waals surface area (Å²) in [5, 5.41) is 2.62. The molecule has 0 radical (unpaired) electrons. The van der Waals surface area contributed by atoms with Crippen LogP contribution < -0.4 is 25.4 Å². The predicted molar refractivity (Wildman–Crippen MR) is 124 cm³/mol. The first-order valence-electron chi connectivity index (χ1n) is 9.75. The number of rotatable bonds is 6. The van der Waals surface area contributed by atoms with Crippen LogP contribution in [0.5, 0.6) is 11.5 Å². The lowest BCUT2D eigenvalue weighted by Gasteiger charge is -2.16. The molecule has 166 valence electrons. The molecule has 0 saturated heterocycles. The van der Waals surface area contributed by atoms with E-state index in [2.05, 4.69) is 5.32 Å². The first-order chi connectivity index (χ1) is 15.9. The van der Waals surface area contributed by atoms with Crippen LogP contribution in [0.15, 0.2) is 83.5 Å². The SMILES string of the molecule is COc1cccc(N2C(=O)C(Cl)=C(Nc3ccc(C(=O)Oc4ccc(N)cc4)cc3)C2=O)c1. The molecule has 2 amide bonds. The van der Waals surface area contributed by atoms with Crippen molar-refractivity contribution in [2.45, 2.75) is 0 Å².